The molecule has 0 spiro atoms. The first-order valence-corrected chi connectivity index (χ1v) is 0. The third-order valence-corrected chi connectivity index (χ3v) is 0. The second-order valence-electron chi connectivity index (χ2n) is 0. The van der Waals surface area contributed by atoms with Crippen LogP contribution in [0.15, 0.2) is 0 Å². The van der Waals surface area contributed by atoms with Gasteiger partial charge in [0.25, 0.3) is 0 Å². The van der Waals surface area contributed by atoms with Crippen LogP contribution in [-0.4, -0.2) is 136 Å². The maximum absolute atomic E-state index is 0. The van der Waals surface area contributed by atoms with Crippen molar-refractivity contribution in [2.45, 2.75) is 0 Å². The normalized spacial score (nSPS) is 0. The molecule has 0 aromatic heterocycles. The predicted molar refractivity (Wildman–Crippen MR) is 42.7 cm³/mol. The van der Waals surface area contributed by atoms with Gasteiger partial charge in [0, 0.05) is 0 Å². The third kappa shape index (κ3) is 17.7. The first-order chi connectivity index (χ1) is 0. The monoisotopic (exact) mass is 1050 g/mol. The van der Waals surface area contributed by atoms with E-state index in [-0.39, 0.29) is 136 Å². The van der Waals surface area contributed by atoms with Gasteiger partial charge in [0.15, 0.2) is 0 Å². The van der Waals surface area contributed by atoms with Crippen molar-refractivity contribution in [3.8, 4) is 0 Å². The van der Waals surface area contributed by atoms with Crippen molar-refractivity contribution in [3.05, 3.63) is 0 Å². The molecule has 0 aromatic carbocycles. The molecule has 0 heterocycles. The molecule has 5 heteroatoms. The van der Waals surface area contributed by atoms with E-state index in [1.807, 2.05) is 0 Å². The molecule has 0 saturated carbocycles. The van der Waals surface area contributed by atoms with Gasteiger partial charge in [0.2, 0.25) is 0 Å². The summed E-state index contributed by atoms with van der Waals surface area (Å²) >= 11 is 0. The molecular weight excluding hydrogens is 1040 g/mol. The van der Waals surface area contributed by atoms with E-state index in [0.29, 0.717) is 0 Å². The Bertz CT molecular complexity index is 0. The Morgan fingerprint density at radius 2 is 0.200 bits per heavy atom. The maximum atomic E-state index is 0. The Morgan fingerprint density at radius 3 is 0.200 bits per heavy atom. The Morgan fingerprint density at radius 1 is 0.200 bits per heavy atom. The summed E-state index contributed by atoms with van der Waals surface area (Å²) in [5, 5.41) is 0. The average molecular weight is 1050 g/mol. The van der Waals surface area contributed by atoms with E-state index in [1.165, 1.54) is 0 Å². The molecule has 0 fully saturated rings. The standard InChI is InChI=1S/5Pb.10H. The van der Waals surface area contributed by atoms with Gasteiger partial charge in [0.1, 0.15) is 0 Å². The first-order valence-electron chi connectivity index (χ1n) is 0. The van der Waals surface area contributed by atoms with Crippen molar-refractivity contribution in [3.63, 3.8) is 0 Å². The van der Waals surface area contributed by atoms with Crippen molar-refractivity contribution in [1.82, 2.24) is 0 Å². The van der Waals surface area contributed by atoms with Crippen LogP contribution in [0.25, 0.3) is 0 Å². The molecule has 0 saturated heterocycles. The van der Waals surface area contributed by atoms with Gasteiger partial charge in [-0.15, -0.1) is 0 Å². The van der Waals surface area contributed by atoms with E-state index in [9.17, 15) is 0 Å². The van der Waals surface area contributed by atoms with Gasteiger partial charge in [-0.25, -0.2) is 0 Å². The molecule has 30 valence electrons. The van der Waals surface area contributed by atoms with Crippen LogP contribution in [0.2, 0.25) is 0 Å². The molecule has 0 aromatic rings. The van der Waals surface area contributed by atoms with Crippen LogP contribution < -0.4 is 0 Å². The quantitative estimate of drug-likeness (QED) is 0.215. The fourth-order valence-electron chi connectivity index (χ4n) is 0. The van der Waals surface area contributed by atoms with Crippen molar-refractivity contribution in [2.75, 3.05) is 0 Å². The van der Waals surface area contributed by atoms with Crippen molar-refractivity contribution in [2.24, 2.45) is 0 Å². The molecule has 0 aliphatic heterocycles. The van der Waals surface area contributed by atoms with Crippen molar-refractivity contribution >= 4 is 136 Å². The van der Waals surface area contributed by atoms with E-state index in [4.69, 9.17) is 0 Å². The molecule has 5 heavy (non-hydrogen) atoms. The summed E-state index contributed by atoms with van der Waals surface area (Å²) < 4.78 is 0. The summed E-state index contributed by atoms with van der Waals surface area (Å²) in [7, 11) is 0. The van der Waals surface area contributed by atoms with E-state index in [2.05, 4.69) is 0 Å². The summed E-state index contributed by atoms with van der Waals surface area (Å²) in [6, 6.07) is 0. The van der Waals surface area contributed by atoms with Crippen LogP contribution in [0.4, 0.5) is 0 Å². The average Bonchev–Trinajstić information content (AvgIpc) is 0. The molecule has 0 bridgehead atoms. The minimum absolute atomic E-state index is 0. The van der Waals surface area contributed by atoms with E-state index in [1.54, 1.807) is 0 Å². The van der Waals surface area contributed by atoms with Crippen LogP contribution in [0, 0.1) is 0 Å². The molecule has 0 rings (SSSR count). The molecule has 0 atom stereocenters. The number of hydrogen-bond acceptors (Lipinski definition) is 0. The fourth-order valence-corrected chi connectivity index (χ4v) is 0. The van der Waals surface area contributed by atoms with Gasteiger partial charge in [-0.3, -0.25) is 0 Å². The van der Waals surface area contributed by atoms with E-state index < -0.39 is 0 Å². The van der Waals surface area contributed by atoms with Gasteiger partial charge in [-0.1, -0.05) is 0 Å². The third-order valence-electron chi connectivity index (χ3n) is 0. The first kappa shape index (κ1) is 33.5. The second kappa shape index (κ2) is 23.5. The zero-order valence-corrected chi connectivity index (χ0v) is 31.0. The molecule has 0 amide bonds. The SMILES string of the molecule is [PbH2].[PbH2].[PbH2].[PbH2].[PbH2]. The molecule has 0 unspecified atom stereocenters. The van der Waals surface area contributed by atoms with Crippen molar-refractivity contribution in [1.29, 1.82) is 0 Å². The summed E-state index contributed by atoms with van der Waals surface area (Å²) in [5.74, 6) is 0. The van der Waals surface area contributed by atoms with Crippen LogP contribution >= 0.6 is 0 Å². The van der Waals surface area contributed by atoms with Gasteiger partial charge in [-0.2, -0.15) is 0 Å². The predicted octanol–water partition coefficient (Wildman–Crippen LogP) is -4.58. The topological polar surface area (TPSA) is 0 Å². The Hall–Kier alpha value is 4.61. The minimum atomic E-state index is 0. The second-order valence-corrected chi connectivity index (χ2v) is 0. The Balaban J connectivity index is 0. The van der Waals surface area contributed by atoms with E-state index >= 15 is 0 Å². The number of hydrogen-bond donors (Lipinski definition) is 0. The Kier molecular flexibility index (Phi) is 157. The zero-order chi connectivity index (χ0) is 0. The van der Waals surface area contributed by atoms with E-state index in [0.717, 1.165) is 0 Å². The van der Waals surface area contributed by atoms with Crippen LogP contribution in [0.3, 0.4) is 0 Å². The molecule has 0 nitrogen and oxygen atoms in total. The molecular formula is H10Pb5. The molecule has 0 N–H and O–H groups in total. The summed E-state index contributed by atoms with van der Waals surface area (Å²) in [6.45, 7) is 0. The number of rotatable bonds is 0. The molecule has 0 aliphatic rings. The van der Waals surface area contributed by atoms with Crippen LogP contribution in [0.1, 0.15) is 0 Å². The molecule has 10 radical (unpaired) electrons. The zero-order valence-electron chi connectivity index (χ0n) is 3.54. The van der Waals surface area contributed by atoms with Gasteiger partial charge in [0.05, 0.1) is 0 Å². The van der Waals surface area contributed by atoms with Crippen molar-refractivity contribution < 1.29 is 0 Å². The van der Waals surface area contributed by atoms with Crippen LogP contribution in [-0.2, 0) is 0 Å². The van der Waals surface area contributed by atoms with Crippen LogP contribution in [0.5, 0.6) is 0 Å². The summed E-state index contributed by atoms with van der Waals surface area (Å²) in [4.78, 5) is 0. The molecule has 0 aliphatic carbocycles. The van der Waals surface area contributed by atoms with Gasteiger partial charge >= 0.3 is 136 Å². The summed E-state index contributed by atoms with van der Waals surface area (Å²) in [5.41, 5.74) is 0. The summed E-state index contributed by atoms with van der Waals surface area (Å²) in [6.07, 6.45) is 0. The van der Waals surface area contributed by atoms with Gasteiger partial charge in [-0.05, 0) is 0 Å². The van der Waals surface area contributed by atoms with Gasteiger partial charge < -0.3 is 0 Å². The fraction of sp³-hybridized carbons (Fsp3) is 0. The Labute approximate surface area is 133 Å².